The van der Waals surface area contributed by atoms with Crippen molar-refractivity contribution >= 4 is 24.7 Å². The second-order valence-corrected chi connectivity index (χ2v) is 4.53. The van der Waals surface area contributed by atoms with Crippen LogP contribution in [0.4, 0.5) is 16.8 Å². The van der Waals surface area contributed by atoms with E-state index in [0.29, 0.717) is 0 Å². The van der Waals surface area contributed by atoms with E-state index in [1.54, 1.807) is 0 Å². The molecule has 0 fully saturated rings. The summed E-state index contributed by atoms with van der Waals surface area (Å²) in [6.07, 6.45) is 0. The monoisotopic (exact) mass is 226 g/mol. The van der Waals surface area contributed by atoms with Crippen LogP contribution in [0, 0.1) is 0 Å². The molecule has 1 unspecified atom stereocenters. The Balaban J connectivity index is 4.56. The molecule has 11 heavy (non-hydrogen) atoms. The van der Waals surface area contributed by atoms with Gasteiger partial charge in [0.25, 0.3) is 8.68 Å². The van der Waals surface area contributed by atoms with Gasteiger partial charge in [-0.1, -0.05) is 0 Å². The van der Waals surface area contributed by atoms with Crippen LogP contribution in [0.25, 0.3) is 0 Å². The largest absolute Gasteiger partial charge is 0.599 e. The molecule has 64 valence electrons. The van der Waals surface area contributed by atoms with Gasteiger partial charge in [-0.05, 0) is 0 Å². The lowest BCUT2D eigenvalue weighted by Gasteiger charge is -1.84. The fourth-order valence-corrected chi connectivity index (χ4v) is 1.89. The lowest BCUT2D eigenvalue weighted by molar-refractivity contribution is 0.721. The summed E-state index contributed by atoms with van der Waals surface area (Å²) in [7, 11) is -8.28. The van der Waals surface area contributed by atoms with Crippen LogP contribution < -0.4 is 0 Å². The molecular weight excluding hydrogens is 223 g/mol. The van der Waals surface area contributed by atoms with Crippen molar-refractivity contribution in [3.8, 4) is 0 Å². The van der Waals surface area contributed by atoms with Crippen LogP contribution >= 0.6 is 24.7 Å². The van der Waals surface area contributed by atoms with Crippen molar-refractivity contribution in [2.24, 2.45) is 13.8 Å². The molecule has 0 rings (SSSR count). The van der Waals surface area contributed by atoms with Gasteiger partial charge in [0, 0.05) is 11.6 Å². The third-order valence-electron chi connectivity index (χ3n) is 0.530. The molecule has 0 aromatic carbocycles. The van der Waals surface area contributed by atoms with Gasteiger partial charge < -0.3 is 0 Å². The number of halogens is 4. The molecule has 0 amide bonds. The zero-order valence-corrected chi connectivity index (χ0v) is 7.88. The van der Waals surface area contributed by atoms with Gasteiger partial charge in [0.05, 0.1) is 8.71 Å². The molecule has 0 N–H and O–H groups in total. The van der Waals surface area contributed by atoms with E-state index in [1.165, 1.54) is 0 Å². The van der Waals surface area contributed by atoms with Crippen LogP contribution in [0.5, 0.6) is 0 Å². The summed E-state index contributed by atoms with van der Waals surface area (Å²) >= 11 is 0. The number of rotatable bonds is 2. The molecule has 0 spiro atoms. The van der Waals surface area contributed by atoms with Crippen LogP contribution in [0.2, 0.25) is 0 Å². The minimum absolute atomic E-state index is 0.827. The third-order valence-corrected chi connectivity index (χ3v) is 3.32. The first-order chi connectivity index (χ1) is 5.02. The highest BCUT2D eigenvalue weighted by Crippen LogP contribution is 2.60. The Morgan fingerprint density at radius 3 is 2.36 bits per heavy atom. The van der Waals surface area contributed by atoms with E-state index in [-0.39, 0.29) is 0 Å². The Bertz CT molecular complexity index is 229. The highest BCUT2D eigenvalue weighted by Gasteiger charge is 2.25. The Labute approximate surface area is 63.2 Å². The molecule has 0 aliphatic rings. The maximum absolute atomic E-state index is 12.1. The lowest BCUT2D eigenvalue weighted by Crippen LogP contribution is -1.51. The predicted molar refractivity (Wildman–Crippen MR) is 38.4 cm³/mol. The molecule has 1 atom stereocenters. The molecule has 3 nitrogen and oxygen atoms in total. The average Bonchev–Trinajstić information content (AvgIpc) is 1.87. The van der Waals surface area contributed by atoms with Crippen molar-refractivity contribution in [1.82, 2.24) is 0 Å². The molecule has 0 saturated heterocycles. The summed E-state index contributed by atoms with van der Waals surface area (Å²) in [5.41, 5.74) is 0. The molecule has 10 heteroatoms. The van der Waals surface area contributed by atoms with Crippen LogP contribution in [-0.2, 0) is 0 Å². The summed E-state index contributed by atoms with van der Waals surface area (Å²) in [5, 5.41) is 0. The normalized spacial score (nSPS) is 14.1. The molecule has 0 aromatic rings. The van der Waals surface area contributed by atoms with Gasteiger partial charge in [-0.25, -0.2) is 4.74 Å². The van der Waals surface area contributed by atoms with Crippen molar-refractivity contribution in [3.63, 3.8) is 0 Å². The zero-order chi connectivity index (χ0) is 8.91. The fourth-order valence-electron chi connectivity index (χ4n) is 0.175. The summed E-state index contributed by atoms with van der Waals surface area (Å²) in [4.78, 5) is 0. The van der Waals surface area contributed by atoms with E-state index in [1.807, 2.05) is 0 Å². The molecule has 0 bridgehead atoms. The maximum atomic E-state index is 12.1. The Hall–Kier alpha value is 0.150. The Morgan fingerprint density at radius 2 is 2.00 bits per heavy atom. The zero-order valence-electron chi connectivity index (χ0n) is 5.20. The van der Waals surface area contributed by atoms with Gasteiger partial charge in [-0.2, -0.15) is 4.20 Å². The van der Waals surface area contributed by atoms with E-state index >= 15 is 0 Å². The van der Waals surface area contributed by atoms with Gasteiger partial charge in [-0.15, -0.1) is 8.39 Å². The summed E-state index contributed by atoms with van der Waals surface area (Å²) in [6.45, 7) is 0. The van der Waals surface area contributed by atoms with Gasteiger partial charge in [-0.3, -0.25) is 0 Å². The topological polar surface area (TPSA) is 37.1 Å². The first-order valence-corrected chi connectivity index (χ1v) is 5.48. The predicted octanol–water partition coefficient (Wildman–Crippen LogP) is 4.98. The highest BCUT2D eigenvalue weighted by molar-refractivity contribution is 7.61. The number of hydrogen-bond donors (Lipinski definition) is 0. The van der Waals surface area contributed by atoms with Crippen molar-refractivity contribution in [1.29, 1.82) is 0 Å². The number of hydrogen-bond acceptors (Lipinski definition) is 1. The Kier molecular flexibility index (Phi) is 4.98. The molecular formula is CH3F4N3P3+. The second kappa shape index (κ2) is 4.91. The molecule has 0 aliphatic heterocycles. The van der Waals surface area contributed by atoms with E-state index in [9.17, 15) is 16.8 Å². The van der Waals surface area contributed by atoms with Crippen LogP contribution in [-0.4, -0.2) is 7.05 Å². The van der Waals surface area contributed by atoms with E-state index in [2.05, 4.69) is 13.8 Å². The van der Waals surface area contributed by atoms with Gasteiger partial charge in [0.1, 0.15) is 0 Å². The smallest absolute Gasteiger partial charge is 0.227 e. The van der Waals surface area contributed by atoms with Crippen LogP contribution in [0.3, 0.4) is 0 Å². The SMILES string of the molecule is CN=P(F)(F)N=[P+](F)N=PF. The van der Waals surface area contributed by atoms with Crippen LogP contribution in [0.1, 0.15) is 0 Å². The van der Waals surface area contributed by atoms with E-state index in [4.69, 9.17) is 0 Å². The lowest BCUT2D eigenvalue weighted by atomic mass is 11.6. The standard InChI is InChI=1S/CH3F4N3P3/c1-6-11(4,5)8-10(3)7-9-2/h1H3/q+1. The fraction of sp³-hybridized carbons (Fsp3) is 1.00. The molecule has 0 aromatic heterocycles. The average molecular weight is 226 g/mol. The summed E-state index contributed by atoms with van der Waals surface area (Å²) in [5.74, 6) is 0. The third kappa shape index (κ3) is 5.42. The Morgan fingerprint density at radius 1 is 1.45 bits per heavy atom. The van der Waals surface area contributed by atoms with Crippen molar-refractivity contribution in [3.05, 3.63) is 0 Å². The molecule has 0 radical (unpaired) electrons. The molecule has 0 heterocycles. The summed E-state index contributed by atoms with van der Waals surface area (Å²) in [6, 6.07) is 0. The van der Waals surface area contributed by atoms with E-state index in [0.717, 1.165) is 7.05 Å². The van der Waals surface area contributed by atoms with Crippen molar-refractivity contribution < 1.29 is 16.8 Å². The van der Waals surface area contributed by atoms with Crippen molar-refractivity contribution in [2.75, 3.05) is 7.05 Å². The van der Waals surface area contributed by atoms with Crippen LogP contribution in [0.15, 0.2) is 13.8 Å². The first-order valence-electron chi connectivity index (χ1n) is 2.12. The summed E-state index contributed by atoms with van der Waals surface area (Å²) < 4.78 is 54.8. The quantitative estimate of drug-likeness (QED) is 0.470. The highest BCUT2D eigenvalue weighted by atomic mass is 31.2. The first kappa shape index (κ1) is 11.2. The minimum atomic E-state index is -4.87. The second-order valence-electron chi connectivity index (χ2n) is 1.15. The number of nitrogens with zero attached hydrogens (tertiary/aromatic N) is 3. The van der Waals surface area contributed by atoms with Gasteiger partial charge >= 0.3 is 16.0 Å². The van der Waals surface area contributed by atoms with E-state index < -0.39 is 24.7 Å². The molecule has 0 aliphatic carbocycles. The maximum Gasteiger partial charge on any atom is 0.599 e. The minimum Gasteiger partial charge on any atom is -0.227 e. The van der Waals surface area contributed by atoms with Gasteiger partial charge in [0.15, 0.2) is 0 Å². The molecule has 0 saturated carbocycles. The van der Waals surface area contributed by atoms with Gasteiger partial charge in [0.2, 0.25) is 0 Å². The van der Waals surface area contributed by atoms with Crippen molar-refractivity contribution in [2.45, 2.75) is 0 Å².